The molecule has 0 amide bonds. The summed E-state index contributed by atoms with van der Waals surface area (Å²) in [6.45, 7) is 0. The number of aromatic hydroxyl groups is 3. The number of para-hydroxylation sites is 3. The van der Waals surface area contributed by atoms with E-state index in [9.17, 15) is 15.3 Å². The number of benzene rings is 3. The molecule has 0 radical (unpaired) electrons. The Morgan fingerprint density at radius 2 is 0.676 bits per heavy atom. The number of pyridine rings is 3. The second-order valence-corrected chi connectivity index (χ2v) is 7.06. The maximum Gasteiger partial charge on any atom is 2.00 e. The maximum absolute atomic E-state index is 9.31. The Bertz CT molecular complexity index is 1340. The van der Waals surface area contributed by atoms with Gasteiger partial charge in [-0.1, -0.05) is 54.6 Å². The second-order valence-electron chi connectivity index (χ2n) is 7.06. The second kappa shape index (κ2) is 11.8. The molecule has 3 heterocycles. The molecule has 0 aliphatic carbocycles. The molecular formula is C27H23MgN3O3. The van der Waals surface area contributed by atoms with Crippen LogP contribution in [-0.4, -0.2) is 53.3 Å². The number of rotatable bonds is 0. The number of phenols is 3. The molecular weight excluding hydrogens is 439 g/mol. The Balaban J connectivity index is 0.000000259. The van der Waals surface area contributed by atoms with Crippen molar-refractivity contribution in [2.75, 3.05) is 0 Å². The van der Waals surface area contributed by atoms with E-state index < -0.39 is 0 Å². The number of fused-ring (bicyclic) bond motifs is 3. The van der Waals surface area contributed by atoms with Crippen LogP contribution in [0.4, 0.5) is 0 Å². The number of hydrogen-bond acceptors (Lipinski definition) is 6. The summed E-state index contributed by atoms with van der Waals surface area (Å²) in [5.74, 6) is 0.717. The zero-order valence-corrected chi connectivity index (χ0v) is 19.7. The van der Waals surface area contributed by atoms with Gasteiger partial charge < -0.3 is 18.2 Å². The SMILES string of the molecule is Oc1cccc2cccnc12.Oc1cccc2cccnc12.Oc1cccc2cccnc12.[H-].[H-].[Mg+2]. The molecule has 0 spiro atoms. The Morgan fingerprint density at radius 3 is 0.941 bits per heavy atom. The Kier molecular flexibility index (Phi) is 8.56. The van der Waals surface area contributed by atoms with Crippen molar-refractivity contribution < 1.29 is 18.2 Å². The molecule has 0 aliphatic rings. The van der Waals surface area contributed by atoms with E-state index in [4.69, 9.17) is 0 Å². The monoisotopic (exact) mass is 461 g/mol. The summed E-state index contributed by atoms with van der Waals surface area (Å²) in [7, 11) is 0. The zero-order valence-electron chi connectivity index (χ0n) is 20.3. The van der Waals surface area contributed by atoms with Crippen molar-refractivity contribution in [1.82, 2.24) is 15.0 Å². The van der Waals surface area contributed by atoms with E-state index >= 15 is 0 Å². The minimum absolute atomic E-state index is 0. The van der Waals surface area contributed by atoms with Gasteiger partial charge in [-0.25, -0.2) is 0 Å². The third kappa shape index (κ3) is 5.89. The van der Waals surface area contributed by atoms with E-state index in [0.717, 1.165) is 16.2 Å². The van der Waals surface area contributed by atoms with Gasteiger partial charge in [-0.05, 0) is 36.4 Å². The van der Waals surface area contributed by atoms with Crippen LogP contribution in [0.5, 0.6) is 17.2 Å². The van der Waals surface area contributed by atoms with E-state index in [1.807, 2.05) is 54.6 Å². The van der Waals surface area contributed by atoms with E-state index in [1.54, 1.807) is 55.0 Å². The predicted octanol–water partition coefficient (Wildman–Crippen LogP) is 5.67. The van der Waals surface area contributed by atoms with Crippen LogP contribution in [0.2, 0.25) is 0 Å². The number of phenolic OH excluding ortho intramolecular Hbond substituents is 3. The largest absolute Gasteiger partial charge is 2.00 e. The summed E-state index contributed by atoms with van der Waals surface area (Å²) in [5, 5.41) is 30.8. The predicted molar refractivity (Wildman–Crippen MR) is 138 cm³/mol. The van der Waals surface area contributed by atoms with Crippen LogP contribution < -0.4 is 0 Å². The summed E-state index contributed by atoms with van der Waals surface area (Å²) in [6.07, 6.45) is 5.01. The molecule has 0 unspecified atom stereocenters. The van der Waals surface area contributed by atoms with Crippen LogP contribution in [0.1, 0.15) is 2.85 Å². The zero-order chi connectivity index (χ0) is 23.0. The summed E-state index contributed by atoms with van der Waals surface area (Å²) in [6, 6.07) is 27.4. The Labute approximate surface area is 215 Å². The van der Waals surface area contributed by atoms with Gasteiger partial charge in [0.2, 0.25) is 0 Å². The molecule has 166 valence electrons. The first-order valence-electron chi connectivity index (χ1n) is 10.2. The minimum atomic E-state index is 0. The van der Waals surface area contributed by atoms with E-state index in [1.165, 1.54) is 0 Å². The van der Waals surface area contributed by atoms with Gasteiger partial charge in [-0.2, -0.15) is 0 Å². The molecule has 0 aliphatic heterocycles. The van der Waals surface area contributed by atoms with Crippen molar-refractivity contribution >= 4 is 55.8 Å². The molecule has 0 atom stereocenters. The first kappa shape index (κ1) is 24.7. The molecule has 3 aromatic heterocycles. The summed E-state index contributed by atoms with van der Waals surface area (Å²) >= 11 is 0. The first-order valence-corrected chi connectivity index (χ1v) is 10.2. The van der Waals surface area contributed by atoms with E-state index in [-0.39, 0.29) is 43.2 Å². The minimum Gasteiger partial charge on any atom is -1.00 e. The number of aromatic nitrogens is 3. The van der Waals surface area contributed by atoms with Crippen molar-refractivity contribution in [1.29, 1.82) is 0 Å². The van der Waals surface area contributed by atoms with E-state index in [2.05, 4.69) is 15.0 Å². The molecule has 0 fully saturated rings. The molecule has 6 nitrogen and oxygen atoms in total. The molecule has 0 bridgehead atoms. The molecule has 7 heteroatoms. The van der Waals surface area contributed by atoms with Crippen molar-refractivity contribution in [3.05, 3.63) is 110 Å². The van der Waals surface area contributed by atoms with Gasteiger partial charge in [0.05, 0.1) is 0 Å². The molecule has 3 N–H and O–H groups in total. The van der Waals surface area contributed by atoms with E-state index in [0.29, 0.717) is 16.6 Å². The van der Waals surface area contributed by atoms with Gasteiger partial charge in [-0.3, -0.25) is 15.0 Å². The summed E-state index contributed by atoms with van der Waals surface area (Å²) < 4.78 is 0. The fourth-order valence-corrected chi connectivity index (χ4v) is 3.26. The Hall–Kier alpha value is -3.94. The maximum atomic E-state index is 9.31. The van der Waals surface area contributed by atoms with Crippen LogP contribution in [0.25, 0.3) is 32.7 Å². The summed E-state index contributed by atoms with van der Waals surface area (Å²) in [5.41, 5.74) is 1.99. The van der Waals surface area contributed by atoms with Crippen molar-refractivity contribution in [3.63, 3.8) is 0 Å². The van der Waals surface area contributed by atoms with Crippen molar-refractivity contribution in [2.24, 2.45) is 0 Å². The smallest absolute Gasteiger partial charge is 1.00 e. The van der Waals surface area contributed by atoms with Crippen LogP contribution in [0.3, 0.4) is 0 Å². The average Bonchev–Trinajstić information content (AvgIpc) is 2.86. The summed E-state index contributed by atoms with van der Waals surface area (Å²) in [4.78, 5) is 12.1. The van der Waals surface area contributed by atoms with Gasteiger partial charge in [-0.15, -0.1) is 0 Å². The van der Waals surface area contributed by atoms with Crippen LogP contribution in [0, 0.1) is 0 Å². The third-order valence-corrected chi connectivity index (χ3v) is 4.83. The van der Waals surface area contributed by atoms with Crippen LogP contribution in [-0.2, 0) is 0 Å². The van der Waals surface area contributed by atoms with Gasteiger partial charge in [0.15, 0.2) is 0 Å². The molecule has 6 rings (SSSR count). The van der Waals surface area contributed by atoms with Crippen LogP contribution >= 0.6 is 0 Å². The van der Waals surface area contributed by atoms with Gasteiger partial charge in [0, 0.05) is 34.7 Å². The first-order chi connectivity index (χ1) is 16.1. The molecule has 6 aromatic rings. The quantitative estimate of drug-likeness (QED) is 0.252. The molecule has 34 heavy (non-hydrogen) atoms. The fraction of sp³-hybridized carbons (Fsp3) is 0. The van der Waals surface area contributed by atoms with Crippen LogP contribution in [0.15, 0.2) is 110 Å². The molecule has 3 aromatic carbocycles. The fourth-order valence-electron chi connectivity index (χ4n) is 3.26. The van der Waals surface area contributed by atoms with Gasteiger partial charge >= 0.3 is 23.1 Å². The van der Waals surface area contributed by atoms with Crippen molar-refractivity contribution in [3.8, 4) is 17.2 Å². The average molecular weight is 462 g/mol. The molecule has 0 saturated heterocycles. The normalized spacial score (nSPS) is 9.88. The number of hydrogen-bond donors (Lipinski definition) is 3. The topological polar surface area (TPSA) is 99.4 Å². The molecule has 0 saturated carbocycles. The van der Waals surface area contributed by atoms with Crippen molar-refractivity contribution in [2.45, 2.75) is 0 Å². The Morgan fingerprint density at radius 1 is 0.412 bits per heavy atom. The van der Waals surface area contributed by atoms with Gasteiger partial charge in [0.1, 0.15) is 33.8 Å². The number of nitrogens with zero attached hydrogens (tertiary/aromatic N) is 3. The third-order valence-electron chi connectivity index (χ3n) is 4.83. The van der Waals surface area contributed by atoms with Gasteiger partial charge in [0.25, 0.3) is 0 Å². The standard InChI is InChI=1S/3C9H7NO.Mg.2H/c3*11-8-5-1-3-7-4-2-6-10-9(7)8;;;/h3*1-6,11H;;;/q;;;+2;2*-1.